The van der Waals surface area contributed by atoms with E-state index < -0.39 is 0 Å². The zero-order valence-electron chi connectivity index (χ0n) is 16.3. The van der Waals surface area contributed by atoms with Gasteiger partial charge >= 0.3 is 0 Å². The van der Waals surface area contributed by atoms with E-state index in [1.54, 1.807) is 16.3 Å². The molecule has 0 aliphatic rings. The monoisotopic (exact) mass is 403 g/mol. The number of carbonyl (C=O) groups excluding carboxylic acids is 1. The minimum Gasteiger partial charge on any atom is -0.325 e. The summed E-state index contributed by atoms with van der Waals surface area (Å²) in [5.74, 6) is 1.22. The van der Waals surface area contributed by atoms with Crippen LogP contribution in [0, 0.1) is 6.92 Å². The molecule has 1 N–H and O–H groups in total. The van der Waals surface area contributed by atoms with Gasteiger partial charge in [-0.1, -0.05) is 61.2 Å². The smallest absolute Gasteiger partial charge is 0.253 e. The lowest BCUT2D eigenvalue weighted by Crippen LogP contribution is -2.14. The van der Waals surface area contributed by atoms with E-state index in [9.17, 15) is 4.79 Å². The van der Waals surface area contributed by atoms with Crippen molar-refractivity contribution in [1.29, 1.82) is 0 Å². The van der Waals surface area contributed by atoms with Crippen LogP contribution in [0.3, 0.4) is 0 Å². The second kappa shape index (κ2) is 8.45. The van der Waals surface area contributed by atoms with Gasteiger partial charge in [-0.3, -0.25) is 4.79 Å². The number of amides is 1. The fourth-order valence-electron chi connectivity index (χ4n) is 2.99. The Hall–Kier alpha value is -3.19. The maximum Gasteiger partial charge on any atom is 0.253 e. The fourth-order valence-corrected chi connectivity index (χ4v) is 3.99. The minimum atomic E-state index is -0.0463. The molecule has 2 aromatic carbocycles. The Balaban J connectivity index is 1.61. The third kappa shape index (κ3) is 4.46. The van der Waals surface area contributed by atoms with Crippen LogP contribution in [0.15, 0.2) is 70.6 Å². The van der Waals surface area contributed by atoms with Gasteiger partial charge in [0.25, 0.3) is 5.78 Å². The average Bonchev–Trinajstić information content (AvgIpc) is 3.10. The number of aromatic nitrogens is 4. The van der Waals surface area contributed by atoms with Crippen molar-refractivity contribution in [2.24, 2.45) is 0 Å². The molecule has 0 atom stereocenters. The Morgan fingerprint density at radius 3 is 2.62 bits per heavy atom. The number of fused-ring (bicyclic) bond motifs is 1. The van der Waals surface area contributed by atoms with Gasteiger partial charge in [-0.05, 0) is 37.1 Å². The number of para-hydroxylation sites is 1. The fraction of sp³-hybridized carbons (Fsp3) is 0.182. The van der Waals surface area contributed by atoms with Gasteiger partial charge in [0.2, 0.25) is 5.91 Å². The molecule has 0 spiro atoms. The van der Waals surface area contributed by atoms with Crippen LogP contribution in [0.2, 0.25) is 0 Å². The molecule has 7 heteroatoms. The van der Waals surface area contributed by atoms with Crippen LogP contribution in [0.4, 0.5) is 5.69 Å². The third-order valence-corrected chi connectivity index (χ3v) is 5.46. The first-order valence-electron chi connectivity index (χ1n) is 9.46. The number of hydrogen-bond donors (Lipinski definition) is 1. The van der Waals surface area contributed by atoms with Crippen LogP contribution < -0.4 is 5.32 Å². The number of hydrogen-bond acceptors (Lipinski definition) is 5. The average molecular weight is 404 g/mol. The first kappa shape index (κ1) is 19.1. The number of nitrogens with one attached hydrogen (secondary N) is 1. The van der Waals surface area contributed by atoms with Crippen molar-refractivity contribution in [1.82, 2.24) is 19.6 Å². The second-order valence-electron chi connectivity index (χ2n) is 6.62. The Labute approximate surface area is 173 Å². The van der Waals surface area contributed by atoms with Crippen LogP contribution in [0.5, 0.6) is 0 Å². The highest BCUT2D eigenvalue weighted by atomic mass is 32.2. The van der Waals surface area contributed by atoms with Crippen molar-refractivity contribution >= 4 is 29.1 Å². The molecule has 2 heterocycles. The zero-order valence-corrected chi connectivity index (χ0v) is 17.1. The number of benzene rings is 2. The van der Waals surface area contributed by atoms with Crippen LogP contribution in [0.25, 0.3) is 5.78 Å². The normalized spacial score (nSPS) is 11.0. The van der Waals surface area contributed by atoms with Crippen molar-refractivity contribution in [3.8, 4) is 0 Å². The van der Waals surface area contributed by atoms with Crippen LogP contribution in [0.1, 0.15) is 24.0 Å². The lowest BCUT2D eigenvalue weighted by Gasteiger charge is -2.12. The Bertz CT molecular complexity index is 1160. The van der Waals surface area contributed by atoms with E-state index in [2.05, 4.69) is 27.3 Å². The van der Waals surface area contributed by atoms with Gasteiger partial charge in [-0.15, -0.1) is 5.10 Å². The van der Waals surface area contributed by atoms with Gasteiger partial charge in [0, 0.05) is 10.6 Å². The van der Waals surface area contributed by atoms with E-state index in [0.29, 0.717) is 18.0 Å². The summed E-state index contributed by atoms with van der Waals surface area (Å²) in [6, 6.07) is 19.5. The summed E-state index contributed by atoms with van der Waals surface area (Å²) < 4.78 is 1.75. The van der Waals surface area contributed by atoms with E-state index in [0.717, 1.165) is 33.3 Å². The van der Waals surface area contributed by atoms with E-state index in [4.69, 9.17) is 0 Å². The predicted molar refractivity (Wildman–Crippen MR) is 114 cm³/mol. The van der Waals surface area contributed by atoms with Gasteiger partial charge in [0.1, 0.15) is 10.9 Å². The molecule has 6 nitrogen and oxygen atoms in total. The summed E-state index contributed by atoms with van der Waals surface area (Å²) in [5, 5.41) is 8.42. The molecule has 4 rings (SSSR count). The maximum absolute atomic E-state index is 12.5. The molecule has 0 aliphatic carbocycles. The summed E-state index contributed by atoms with van der Waals surface area (Å²) in [7, 11) is 0. The summed E-state index contributed by atoms with van der Waals surface area (Å²) in [6.07, 6.45) is 1.15. The Morgan fingerprint density at radius 1 is 1.07 bits per heavy atom. The van der Waals surface area contributed by atoms with Crippen molar-refractivity contribution in [2.75, 3.05) is 5.32 Å². The lowest BCUT2D eigenvalue weighted by atomic mass is 10.1. The van der Waals surface area contributed by atoms with E-state index in [1.807, 2.05) is 67.6 Å². The molecule has 4 aromatic rings. The minimum absolute atomic E-state index is 0.0463. The predicted octanol–water partition coefficient (Wildman–Crippen LogP) is 4.33. The quantitative estimate of drug-likeness (QED) is 0.485. The van der Waals surface area contributed by atoms with Gasteiger partial charge in [-0.2, -0.15) is 9.50 Å². The molecular formula is C22H21N5OS. The molecule has 2 aromatic heterocycles. The molecular weight excluding hydrogens is 382 g/mol. The van der Waals surface area contributed by atoms with E-state index in [1.165, 1.54) is 0 Å². The Kier molecular flexibility index (Phi) is 5.57. The molecule has 0 unspecified atom stereocenters. The highest BCUT2D eigenvalue weighted by Gasteiger charge is 2.13. The third-order valence-electron chi connectivity index (χ3n) is 4.38. The van der Waals surface area contributed by atoms with Crippen molar-refractivity contribution < 1.29 is 4.79 Å². The van der Waals surface area contributed by atoms with Crippen LogP contribution >= 0.6 is 11.8 Å². The van der Waals surface area contributed by atoms with Crippen LogP contribution in [-0.2, 0) is 17.6 Å². The van der Waals surface area contributed by atoms with Crippen LogP contribution in [-0.4, -0.2) is 25.5 Å². The van der Waals surface area contributed by atoms with Gasteiger partial charge in [0.05, 0.1) is 12.1 Å². The zero-order chi connectivity index (χ0) is 20.2. The standard InChI is InChI=1S/C22H21N5OS/c1-3-17-14-21(27-22(24-17)23-15(2)26-27)29-19-12-8-7-11-18(19)25-20(28)13-16-9-5-4-6-10-16/h4-12,14H,3,13H2,1-2H3,(H,25,28). The first-order valence-corrected chi connectivity index (χ1v) is 10.3. The number of carbonyl (C=O) groups is 1. The molecule has 0 bridgehead atoms. The lowest BCUT2D eigenvalue weighted by molar-refractivity contribution is -0.115. The molecule has 0 saturated carbocycles. The molecule has 0 fully saturated rings. The number of anilines is 1. The van der Waals surface area contributed by atoms with Gasteiger partial charge < -0.3 is 5.32 Å². The molecule has 0 radical (unpaired) electrons. The van der Waals surface area contributed by atoms with Gasteiger partial charge in [-0.25, -0.2) is 4.98 Å². The number of rotatable bonds is 6. The highest BCUT2D eigenvalue weighted by molar-refractivity contribution is 7.99. The molecule has 29 heavy (non-hydrogen) atoms. The molecule has 0 aliphatic heterocycles. The van der Waals surface area contributed by atoms with E-state index >= 15 is 0 Å². The largest absolute Gasteiger partial charge is 0.325 e. The number of aryl methyl sites for hydroxylation is 2. The van der Waals surface area contributed by atoms with Gasteiger partial charge in [0.15, 0.2) is 0 Å². The summed E-state index contributed by atoms with van der Waals surface area (Å²) in [6.45, 7) is 3.92. The molecule has 146 valence electrons. The summed E-state index contributed by atoms with van der Waals surface area (Å²) >= 11 is 1.54. The van der Waals surface area contributed by atoms with Crippen molar-refractivity contribution in [3.63, 3.8) is 0 Å². The SMILES string of the molecule is CCc1cc(Sc2ccccc2NC(=O)Cc2ccccc2)n2nc(C)nc2n1. The van der Waals surface area contributed by atoms with Crippen molar-refractivity contribution in [3.05, 3.63) is 77.7 Å². The second-order valence-corrected chi connectivity index (χ2v) is 7.68. The summed E-state index contributed by atoms with van der Waals surface area (Å²) in [4.78, 5) is 22.4. The summed E-state index contributed by atoms with van der Waals surface area (Å²) in [5.41, 5.74) is 2.72. The number of nitrogens with zero attached hydrogens (tertiary/aromatic N) is 4. The topological polar surface area (TPSA) is 72.2 Å². The van der Waals surface area contributed by atoms with Crippen molar-refractivity contribution in [2.45, 2.75) is 36.6 Å². The molecule has 1 amide bonds. The highest BCUT2D eigenvalue weighted by Crippen LogP contribution is 2.33. The Morgan fingerprint density at radius 2 is 1.83 bits per heavy atom. The maximum atomic E-state index is 12.5. The first-order chi connectivity index (χ1) is 14.1. The molecule has 0 saturated heterocycles. The van der Waals surface area contributed by atoms with E-state index in [-0.39, 0.29) is 5.91 Å².